The number of carbonyl (C=O) groups excluding carboxylic acids is 2. The number of ether oxygens (including phenoxy) is 1. The van der Waals surface area contributed by atoms with Gasteiger partial charge in [-0.15, -0.1) is 0 Å². The van der Waals surface area contributed by atoms with Gasteiger partial charge in [0.05, 0.1) is 10.9 Å². The first-order valence-electron chi connectivity index (χ1n) is 8.19. The number of amides is 2. The number of piperidine rings is 1. The average Bonchev–Trinajstić information content (AvgIpc) is 3.38. The van der Waals surface area contributed by atoms with Gasteiger partial charge >= 0.3 is 0 Å². The number of carbonyl (C=O) groups is 2. The number of halogens is 2. The zero-order chi connectivity index (χ0) is 17.1. The number of nitrogens with zero attached hydrogens (tertiary/aromatic N) is 1. The maximum absolute atomic E-state index is 12.4. The van der Waals surface area contributed by atoms with Gasteiger partial charge in [-0.2, -0.15) is 0 Å². The van der Waals surface area contributed by atoms with E-state index in [1.165, 1.54) is 0 Å². The fraction of sp³-hybridized carbons (Fsp3) is 0.529. The smallest absolute Gasteiger partial charge is 0.260 e. The minimum Gasteiger partial charge on any atom is -0.482 e. The van der Waals surface area contributed by atoms with E-state index in [0.29, 0.717) is 34.9 Å². The predicted octanol–water partition coefficient (Wildman–Crippen LogP) is 2.89. The lowest BCUT2D eigenvalue weighted by atomic mass is 9.97. The van der Waals surface area contributed by atoms with Crippen LogP contribution < -0.4 is 10.1 Å². The van der Waals surface area contributed by atoms with Gasteiger partial charge in [0, 0.05) is 24.2 Å². The molecule has 1 aromatic carbocycles. The molecule has 0 spiro atoms. The molecule has 24 heavy (non-hydrogen) atoms. The topological polar surface area (TPSA) is 58.6 Å². The van der Waals surface area contributed by atoms with Crippen molar-refractivity contribution in [3.05, 3.63) is 28.2 Å². The Morgan fingerprint density at radius 2 is 2.04 bits per heavy atom. The number of rotatable bonds is 5. The van der Waals surface area contributed by atoms with Crippen molar-refractivity contribution in [2.45, 2.75) is 31.7 Å². The van der Waals surface area contributed by atoms with E-state index in [4.69, 9.17) is 27.9 Å². The summed E-state index contributed by atoms with van der Waals surface area (Å²) < 4.78 is 5.49. The van der Waals surface area contributed by atoms with Crippen LogP contribution in [0.25, 0.3) is 0 Å². The molecule has 1 saturated carbocycles. The molecule has 1 N–H and O–H groups in total. The fourth-order valence-corrected chi connectivity index (χ4v) is 3.25. The molecule has 1 aromatic rings. The SMILES string of the molecule is O=C(NC1CC1)C1CCCN(C(=O)COc2ccc(Cl)cc2Cl)C1. The molecule has 2 amide bonds. The molecular formula is C17H20Cl2N2O3. The summed E-state index contributed by atoms with van der Waals surface area (Å²) in [6, 6.07) is 5.22. The van der Waals surface area contributed by atoms with Crippen LogP contribution in [0.4, 0.5) is 0 Å². The standard InChI is InChI=1S/C17H20Cl2N2O3/c18-12-3-6-15(14(19)8-12)24-10-16(22)21-7-1-2-11(9-21)17(23)20-13-4-5-13/h3,6,8,11,13H,1-2,4-5,7,9-10H2,(H,20,23). The van der Waals surface area contributed by atoms with Crippen molar-refractivity contribution in [1.82, 2.24) is 10.2 Å². The quantitative estimate of drug-likeness (QED) is 0.866. The lowest BCUT2D eigenvalue weighted by molar-refractivity contribution is -0.137. The lowest BCUT2D eigenvalue weighted by Gasteiger charge is -2.32. The molecule has 130 valence electrons. The van der Waals surface area contributed by atoms with Gasteiger partial charge in [0.25, 0.3) is 5.91 Å². The first kappa shape index (κ1) is 17.4. The predicted molar refractivity (Wildman–Crippen MR) is 92.4 cm³/mol. The van der Waals surface area contributed by atoms with E-state index in [1.807, 2.05) is 0 Å². The highest BCUT2D eigenvalue weighted by Crippen LogP contribution is 2.27. The molecule has 3 rings (SSSR count). The summed E-state index contributed by atoms with van der Waals surface area (Å²) in [5, 5.41) is 3.90. The van der Waals surface area contributed by atoms with Crippen LogP contribution in [0.15, 0.2) is 18.2 Å². The third-order valence-corrected chi connectivity index (χ3v) is 4.84. The van der Waals surface area contributed by atoms with Crippen LogP contribution >= 0.6 is 23.2 Å². The second-order valence-corrected chi connectivity index (χ2v) is 7.17. The Labute approximate surface area is 151 Å². The van der Waals surface area contributed by atoms with Crippen LogP contribution in [0, 0.1) is 5.92 Å². The van der Waals surface area contributed by atoms with Gasteiger partial charge in [0.15, 0.2) is 6.61 Å². The summed E-state index contributed by atoms with van der Waals surface area (Å²) in [6.45, 7) is 1.01. The Kier molecular flexibility index (Phi) is 5.51. The van der Waals surface area contributed by atoms with Gasteiger partial charge < -0.3 is 15.0 Å². The average molecular weight is 371 g/mol. The summed E-state index contributed by atoms with van der Waals surface area (Å²) in [7, 11) is 0. The summed E-state index contributed by atoms with van der Waals surface area (Å²) in [5.41, 5.74) is 0. The van der Waals surface area contributed by atoms with Crippen molar-refractivity contribution in [2.24, 2.45) is 5.92 Å². The van der Waals surface area contributed by atoms with E-state index in [1.54, 1.807) is 23.1 Å². The molecule has 1 aliphatic carbocycles. The molecule has 2 aliphatic rings. The Morgan fingerprint density at radius 1 is 1.25 bits per heavy atom. The van der Waals surface area contributed by atoms with Gasteiger partial charge in [-0.25, -0.2) is 0 Å². The largest absolute Gasteiger partial charge is 0.482 e. The third-order valence-electron chi connectivity index (χ3n) is 4.31. The molecular weight excluding hydrogens is 351 g/mol. The van der Waals surface area contributed by atoms with E-state index in [9.17, 15) is 9.59 Å². The minimum atomic E-state index is -0.134. The number of hydrogen-bond acceptors (Lipinski definition) is 3. The Morgan fingerprint density at radius 3 is 2.75 bits per heavy atom. The zero-order valence-electron chi connectivity index (χ0n) is 13.3. The Balaban J connectivity index is 1.51. The van der Waals surface area contributed by atoms with Gasteiger partial charge in [0.2, 0.25) is 5.91 Å². The first-order chi connectivity index (χ1) is 11.5. The fourth-order valence-electron chi connectivity index (χ4n) is 2.79. The molecule has 0 aromatic heterocycles. The number of nitrogens with one attached hydrogen (secondary N) is 1. The van der Waals surface area contributed by atoms with Crippen molar-refractivity contribution in [3.8, 4) is 5.75 Å². The van der Waals surface area contributed by atoms with E-state index in [-0.39, 0.29) is 24.3 Å². The number of likely N-dealkylation sites (tertiary alicyclic amines) is 1. The van der Waals surface area contributed by atoms with Crippen molar-refractivity contribution in [2.75, 3.05) is 19.7 Å². The molecule has 0 bridgehead atoms. The van der Waals surface area contributed by atoms with E-state index >= 15 is 0 Å². The molecule has 5 nitrogen and oxygen atoms in total. The molecule has 1 aliphatic heterocycles. The molecule has 1 unspecified atom stereocenters. The molecule has 0 radical (unpaired) electrons. The highest BCUT2D eigenvalue weighted by molar-refractivity contribution is 6.35. The molecule has 2 fully saturated rings. The third kappa shape index (κ3) is 4.54. The summed E-state index contributed by atoms with van der Waals surface area (Å²) in [6.07, 6.45) is 3.79. The minimum absolute atomic E-state index is 0.0664. The second kappa shape index (κ2) is 7.62. The van der Waals surface area contributed by atoms with Crippen LogP contribution in [-0.4, -0.2) is 42.5 Å². The van der Waals surface area contributed by atoms with Crippen molar-refractivity contribution in [1.29, 1.82) is 0 Å². The van der Waals surface area contributed by atoms with Crippen molar-refractivity contribution < 1.29 is 14.3 Å². The molecule has 7 heteroatoms. The maximum Gasteiger partial charge on any atom is 0.260 e. The summed E-state index contributed by atoms with van der Waals surface area (Å²) >= 11 is 11.9. The molecule has 1 atom stereocenters. The van der Waals surface area contributed by atoms with Gasteiger partial charge in [-0.3, -0.25) is 9.59 Å². The Hall–Kier alpha value is -1.46. The number of hydrogen-bond donors (Lipinski definition) is 1. The highest BCUT2D eigenvalue weighted by Gasteiger charge is 2.31. The zero-order valence-corrected chi connectivity index (χ0v) is 14.8. The molecule has 1 heterocycles. The normalized spacial score (nSPS) is 20.6. The Bertz CT molecular complexity index is 634. The van der Waals surface area contributed by atoms with E-state index < -0.39 is 0 Å². The first-order valence-corrected chi connectivity index (χ1v) is 8.94. The van der Waals surface area contributed by atoms with Gasteiger partial charge in [0.1, 0.15) is 5.75 Å². The van der Waals surface area contributed by atoms with Crippen LogP contribution in [0.3, 0.4) is 0 Å². The van der Waals surface area contributed by atoms with Crippen molar-refractivity contribution in [3.63, 3.8) is 0 Å². The van der Waals surface area contributed by atoms with Gasteiger partial charge in [-0.1, -0.05) is 23.2 Å². The van der Waals surface area contributed by atoms with Gasteiger partial charge in [-0.05, 0) is 43.9 Å². The second-order valence-electron chi connectivity index (χ2n) is 6.33. The summed E-state index contributed by atoms with van der Waals surface area (Å²) in [4.78, 5) is 26.2. The monoisotopic (exact) mass is 370 g/mol. The van der Waals surface area contributed by atoms with Crippen LogP contribution in [-0.2, 0) is 9.59 Å². The van der Waals surface area contributed by atoms with Crippen LogP contribution in [0.1, 0.15) is 25.7 Å². The van der Waals surface area contributed by atoms with Crippen LogP contribution in [0.5, 0.6) is 5.75 Å². The summed E-state index contributed by atoms with van der Waals surface area (Å²) in [5.74, 6) is 0.235. The van der Waals surface area contributed by atoms with E-state index in [2.05, 4.69) is 5.32 Å². The van der Waals surface area contributed by atoms with Crippen molar-refractivity contribution >= 4 is 35.0 Å². The van der Waals surface area contributed by atoms with Crippen LogP contribution in [0.2, 0.25) is 10.0 Å². The van der Waals surface area contributed by atoms with E-state index in [0.717, 1.165) is 25.7 Å². The maximum atomic E-state index is 12.4. The number of benzene rings is 1. The molecule has 1 saturated heterocycles. The lowest BCUT2D eigenvalue weighted by Crippen LogP contribution is -2.47. The highest BCUT2D eigenvalue weighted by atomic mass is 35.5.